The van der Waals surface area contributed by atoms with Crippen molar-refractivity contribution in [3.63, 3.8) is 0 Å². The standard InChI is InChI=1S/C16H19F2N3O5/c1-7(2)12(15(24)26-8(3)13(22)21-16(19)25)20-14(23)11-9(17)5-4-6-10(11)18/h4-8,12H,1-3H3,(H,20,23)(H3,19,21,22,25)/t8-,12-/m0/s1. The van der Waals surface area contributed by atoms with Crippen LogP contribution in [0.5, 0.6) is 0 Å². The lowest BCUT2D eigenvalue weighted by Crippen LogP contribution is -2.49. The maximum absolute atomic E-state index is 13.7. The minimum absolute atomic E-state index is 0.521. The summed E-state index contributed by atoms with van der Waals surface area (Å²) in [6.07, 6.45) is -1.38. The number of nitrogens with one attached hydrogen (secondary N) is 2. The monoisotopic (exact) mass is 371 g/mol. The van der Waals surface area contributed by atoms with E-state index in [0.717, 1.165) is 18.2 Å². The van der Waals surface area contributed by atoms with Crippen molar-refractivity contribution in [3.05, 3.63) is 35.4 Å². The summed E-state index contributed by atoms with van der Waals surface area (Å²) in [7, 11) is 0. The third-order valence-electron chi connectivity index (χ3n) is 3.31. The van der Waals surface area contributed by atoms with Crippen molar-refractivity contribution in [1.29, 1.82) is 0 Å². The Kier molecular flexibility index (Phi) is 7.17. The number of hydrogen-bond acceptors (Lipinski definition) is 5. The molecule has 0 heterocycles. The Labute approximate surface area is 148 Å². The molecule has 1 rings (SSSR count). The molecule has 4 amide bonds. The number of esters is 1. The van der Waals surface area contributed by atoms with Crippen LogP contribution in [0.3, 0.4) is 0 Å². The lowest BCUT2D eigenvalue weighted by Gasteiger charge is -2.23. The van der Waals surface area contributed by atoms with E-state index in [9.17, 15) is 28.0 Å². The van der Waals surface area contributed by atoms with Crippen LogP contribution in [0.25, 0.3) is 0 Å². The van der Waals surface area contributed by atoms with Gasteiger partial charge in [-0.25, -0.2) is 18.4 Å². The zero-order chi connectivity index (χ0) is 20.0. The number of carbonyl (C=O) groups excluding carboxylic acids is 4. The van der Waals surface area contributed by atoms with Crippen LogP contribution in [0.1, 0.15) is 31.1 Å². The molecule has 1 aromatic carbocycles. The minimum Gasteiger partial charge on any atom is -0.451 e. The number of primary amides is 1. The first-order valence-electron chi connectivity index (χ1n) is 7.60. The summed E-state index contributed by atoms with van der Waals surface area (Å²) in [5.41, 5.74) is 3.95. The summed E-state index contributed by atoms with van der Waals surface area (Å²) >= 11 is 0. The molecule has 0 unspecified atom stereocenters. The summed E-state index contributed by atoms with van der Waals surface area (Å²) in [5.74, 6) is -5.82. The molecule has 1 aromatic rings. The van der Waals surface area contributed by atoms with Gasteiger partial charge in [0, 0.05) is 0 Å². The average Bonchev–Trinajstić information content (AvgIpc) is 2.51. The molecule has 0 aliphatic heterocycles. The van der Waals surface area contributed by atoms with Gasteiger partial charge >= 0.3 is 12.0 Å². The van der Waals surface area contributed by atoms with Crippen molar-refractivity contribution >= 4 is 23.8 Å². The van der Waals surface area contributed by atoms with E-state index in [1.165, 1.54) is 6.92 Å². The van der Waals surface area contributed by atoms with Crippen molar-refractivity contribution in [1.82, 2.24) is 10.6 Å². The van der Waals surface area contributed by atoms with E-state index in [2.05, 4.69) is 5.32 Å². The van der Waals surface area contributed by atoms with Gasteiger partial charge in [-0.15, -0.1) is 0 Å². The maximum Gasteiger partial charge on any atom is 0.329 e. The second-order valence-corrected chi connectivity index (χ2v) is 5.72. The summed E-state index contributed by atoms with van der Waals surface area (Å²) in [6.45, 7) is 4.29. The van der Waals surface area contributed by atoms with Gasteiger partial charge in [0.15, 0.2) is 6.10 Å². The molecule has 0 aliphatic rings. The Balaban J connectivity index is 2.89. The third kappa shape index (κ3) is 5.50. The third-order valence-corrected chi connectivity index (χ3v) is 3.31. The molecule has 8 nitrogen and oxygen atoms in total. The fourth-order valence-electron chi connectivity index (χ4n) is 1.95. The van der Waals surface area contributed by atoms with Crippen molar-refractivity contribution in [3.8, 4) is 0 Å². The Morgan fingerprint density at radius 3 is 2.08 bits per heavy atom. The predicted octanol–water partition coefficient (Wildman–Crippen LogP) is 0.846. The van der Waals surface area contributed by atoms with E-state index in [-0.39, 0.29) is 0 Å². The van der Waals surface area contributed by atoms with E-state index in [1.807, 2.05) is 0 Å². The molecule has 142 valence electrons. The fraction of sp³-hybridized carbons (Fsp3) is 0.375. The first-order valence-corrected chi connectivity index (χ1v) is 7.60. The smallest absolute Gasteiger partial charge is 0.329 e. The van der Waals surface area contributed by atoms with Crippen LogP contribution in [0.15, 0.2) is 18.2 Å². The highest BCUT2D eigenvalue weighted by molar-refractivity contribution is 5.98. The van der Waals surface area contributed by atoms with Gasteiger partial charge in [-0.05, 0) is 25.0 Å². The van der Waals surface area contributed by atoms with Gasteiger partial charge < -0.3 is 15.8 Å². The highest BCUT2D eigenvalue weighted by Crippen LogP contribution is 2.14. The molecule has 0 fully saturated rings. The Morgan fingerprint density at radius 2 is 1.62 bits per heavy atom. The zero-order valence-corrected chi connectivity index (χ0v) is 14.3. The summed E-state index contributed by atoms with van der Waals surface area (Å²) in [4.78, 5) is 46.5. The number of amides is 4. The SMILES string of the molecule is CC(C)[C@H](NC(=O)c1c(F)cccc1F)C(=O)O[C@@H](C)C(=O)NC(N)=O. The molecule has 0 radical (unpaired) electrons. The van der Waals surface area contributed by atoms with Crippen molar-refractivity contribution in [2.75, 3.05) is 0 Å². The Bertz CT molecular complexity index is 704. The highest BCUT2D eigenvalue weighted by atomic mass is 19.1. The molecule has 0 saturated carbocycles. The molecule has 0 spiro atoms. The van der Waals surface area contributed by atoms with Gasteiger partial charge in [-0.1, -0.05) is 19.9 Å². The van der Waals surface area contributed by atoms with E-state index in [4.69, 9.17) is 10.5 Å². The first kappa shape index (κ1) is 21.0. The van der Waals surface area contributed by atoms with Gasteiger partial charge in [0.2, 0.25) is 0 Å². The van der Waals surface area contributed by atoms with Gasteiger partial charge in [0.25, 0.3) is 11.8 Å². The van der Waals surface area contributed by atoms with Crippen LogP contribution in [-0.2, 0) is 14.3 Å². The van der Waals surface area contributed by atoms with Gasteiger partial charge in [0.1, 0.15) is 23.2 Å². The van der Waals surface area contributed by atoms with Crippen molar-refractivity contribution in [2.24, 2.45) is 11.7 Å². The van der Waals surface area contributed by atoms with Crippen LogP contribution < -0.4 is 16.4 Å². The molecule has 2 atom stereocenters. The number of nitrogens with two attached hydrogens (primary N) is 1. The van der Waals surface area contributed by atoms with Crippen LogP contribution >= 0.6 is 0 Å². The number of rotatable bonds is 6. The van der Waals surface area contributed by atoms with Crippen molar-refractivity contribution < 1.29 is 32.7 Å². The molecular formula is C16H19F2N3O5. The molecule has 4 N–H and O–H groups in total. The Morgan fingerprint density at radius 1 is 1.08 bits per heavy atom. The van der Waals surface area contributed by atoms with Crippen LogP contribution in [0, 0.1) is 17.6 Å². The normalized spacial score (nSPS) is 12.8. The molecule has 0 bridgehead atoms. The molecule has 26 heavy (non-hydrogen) atoms. The molecule has 0 aromatic heterocycles. The van der Waals surface area contributed by atoms with Gasteiger partial charge in [-0.2, -0.15) is 0 Å². The predicted molar refractivity (Wildman–Crippen MR) is 85.7 cm³/mol. The first-order chi connectivity index (χ1) is 12.0. The van der Waals surface area contributed by atoms with Gasteiger partial charge in [-0.3, -0.25) is 14.9 Å². The fourth-order valence-corrected chi connectivity index (χ4v) is 1.95. The van der Waals surface area contributed by atoms with E-state index in [1.54, 1.807) is 19.2 Å². The van der Waals surface area contributed by atoms with Gasteiger partial charge in [0.05, 0.1) is 0 Å². The molecular weight excluding hydrogens is 352 g/mol. The lowest BCUT2D eigenvalue weighted by atomic mass is 10.0. The molecule has 10 heteroatoms. The average molecular weight is 371 g/mol. The minimum atomic E-state index is -1.38. The zero-order valence-electron chi connectivity index (χ0n) is 14.3. The Hall–Kier alpha value is -3.04. The number of ether oxygens (including phenoxy) is 1. The summed E-state index contributed by atoms with van der Waals surface area (Å²) < 4.78 is 32.2. The van der Waals surface area contributed by atoms with Crippen LogP contribution in [0.2, 0.25) is 0 Å². The number of imide groups is 1. The largest absolute Gasteiger partial charge is 0.451 e. The number of hydrogen-bond donors (Lipinski definition) is 3. The summed E-state index contributed by atoms with van der Waals surface area (Å²) in [6, 6.07) is 0.481. The summed E-state index contributed by atoms with van der Waals surface area (Å²) in [5, 5.41) is 3.92. The van der Waals surface area contributed by atoms with Crippen LogP contribution in [-0.4, -0.2) is 36.0 Å². The van der Waals surface area contributed by atoms with Crippen molar-refractivity contribution in [2.45, 2.75) is 32.9 Å². The maximum atomic E-state index is 13.7. The highest BCUT2D eigenvalue weighted by Gasteiger charge is 2.31. The molecule has 0 aliphatic carbocycles. The second kappa shape index (κ2) is 8.88. The van der Waals surface area contributed by atoms with E-state index < -0.39 is 59.1 Å². The second-order valence-electron chi connectivity index (χ2n) is 5.72. The van der Waals surface area contributed by atoms with E-state index in [0.29, 0.717) is 0 Å². The topological polar surface area (TPSA) is 128 Å². The quantitative estimate of drug-likeness (QED) is 0.639. The number of carbonyl (C=O) groups is 4. The number of benzene rings is 1. The number of urea groups is 1. The van der Waals surface area contributed by atoms with Crippen LogP contribution in [0.4, 0.5) is 13.6 Å². The lowest BCUT2D eigenvalue weighted by molar-refractivity contribution is -0.157. The van der Waals surface area contributed by atoms with E-state index >= 15 is 0 Å². The molecule has 0 saturated heterocycles. The number of halogens is 2.